The maximum atomic E-state index is 14.9. The van der Waals surface area contributed by atoms with Gasteiger partial charge in [0.05, 0.1) is 10.6 Å². The van der Waals surface area contributed by atoms with Crippen molar-refractivity contribution in [3.8, 4) is 0 Å². The van der Waals surface area contributed by atoms with Gasteiger partial charge < -0.3 is 10.2 Å². The lowest BCUT2D eigenvalue weighted by molar-refractivity contribution is -0.140. The maximum absolute atomic E-state index is 14.9. The summed E-state index contributed by atoms with van der Waals surface area (Å²) >= 11 is 0. The third-order valence-corrected chi connectivity index (χ3v) is 8.91. The Balaban J connectivity index is 1.78. The zero-order valence-electron chi connectivity index (χ0n) is 24.4. The zero-order valence-corrected chi connectivity index (χ0v) is 25.2. The predicted octanol–water partition coefficient (Wildman–Crippen LogP) is 5.72. The van der Waals surface area contributed by atoms with E-state index in [1.807, 2.05) is 37.3 Å². The molecular weight excluding hydrogens is 584 g/mol. The highest BCUT2D eigenvalue weighted by Crippen LogP contribution is 2.25. The molecule has 0 bridgehead atoms. The number of nitrogens with one attached hydrogen (secondary N) is 1. The van der Waals surface area contributed by atoms with Crippen LogP contribution in [-0.4, -0.2) is 44.3 Å². The van der Waals surface area contributed by atoms with Gasteiger partial charge in [-0.25, -0.2) is 17.2 Å². The Morgan fingerprint density at radius 1 is 0.818 bits per heavy atom. The van der Waals surface area contributed by atoms with E-state index in [2.05, 4.69) is 5.32 Å². The Hall–Kier alpha value is -4.57. The van der Waals surface area contributed by atoms with Crippen molar-refractivity contribution >= 4 is 27.5 Å². The van der Waals surface area contributed by atoms with E-state index in [4.69, 9.17) is 0 Å². The molecule has 0 aliphatic heterocycles. The second kappa shape index (κ2) is 15.2. The molecule has 0 radical (unpaired) electrons. The quantitative estimate of drug-likeness (QED) is 0.183. The van der Waals surface area contributed by atoms with Gasteiger partial charge in [0.2, 0.25) is 11.8 Å². The van der Waals surface area contributed by atoms with Crippen LogP contribution in [0.15, 0.2) is 114 Å². The van der Waals surface area contributed by atoms with Gasteiger partial charge in [0.1, 0.15) is 24.2 Å². The smallest absolute Gasteiger partial charge is 0.264 e. The largest absolute Gasteiger partial charge is 0.354 e. The molecule has 0 saturated heterocycles. The number of anilines is 1. The molecule has 2 amide bonds. The van der Waals surface area contributed by atoms with E-state index in [1.165, 1.54) is 35.2 Å². The van der Waals surface area contributed by atoms with E-state index in [0.717, 1.165) is 47.0 Å². The van der Waals surface area contributed by atoms with Crippen LogP contribution >= 0.6 is 0 Å². The highest BCUT2D eigenvalue weighted by molar-refractivity contribution is 7.92. The van der Waals surface area contributed by atoms with E-state index in [-0.39, 0.29) is 29.1 Å². The number of halogens is 2. The number of hydrogen-bond acceptors (Lipinski definition) is 4. The number of rotatable bonds is 14. The summed E-state index contributed by atoms with van der Waals surface area (Å²) < 4.78 is 57.3. The molecule has 0 aliphatic rings. The van der Waals surface area contributed by atoms with E-state index >= 15 is 0 Å². The molecular formula is C34H35F2N3O4S. The molecule has 1 N–H and O–H groups in total. The monoisotopic (exact) mass is 619 g/mol. The number of sulfonamides is 1. The van der Waals surface area contributed by atoms with Crippen molar-refractivity contribution in [3.63, 3.8) is 0 Å². The van der Waals surface area contributed by atoms with E-state index in [0.29, 0.717) is 6.54 Å². The summed E-state index contributed by atoms with van der Waals surface area (Å²) in [7, 11) is -4.36. The van der Waals surface area contributed by atoms with Crippen LogP contribution in [0.5, 0.6) is 0 Å². The molecule has 4 rings (SSSR count). The average Bonchev–Trinajstić information content (AvgIpc) is 3.03. The Morgan fingerprint density at radius 3 is 2.07 bits per heavy atom. The number of unbranched alkanes of at least 4 members (excludes halogenated alkanes) is 1. The fraction of sp³-hybridized carbons (Fsp3) is 0.235. The molecule has 4 aromatic carbocycles. The van der Waals surface area contributed by atoms with Gasteiger partial charge in [-0.1, -0.05) is 80.1 Å². The summed E-state index contributed by atoms with van der Waals surface area (Å²) in [4.78, 5) is 29.0. The second-order valence-corrected chi connectivity index (χ2v) is 12.1. The van der Waals surface area contributed by atoms with Crippen LogP contribution in [-0.2, 0) is 32.6 Å². The maximum Gasteiger partial charge on any atom is 0.264 e. The van der Waals surface area contributed by atoms with Gasteiger partial charge >= 0.3 is 0 Å². The summed E-state index contributed by atoms with van der Waals surface area (Å²) in [6, 6.07) is 26.3. The lowest BCUT2D eigenvalue weighted by Crippen LogP contribution is -2.53. The zero-order chi connectivity index (χ0) is 31.5. The van der Waals surface area contributed by atoms with Crippen LogP contribution in [0.25, 0.3) is 0 Å². The van der Waals surface area contributed by atoms with Gasteiger partial charge in [-0.15, -0.1) is 0 Å². The number of carbonyl (C=O) groups is 2. The first-order valence-corrected chi connectivity index (χ1v) is 15.8. The molecule has 44 heavy (non-hydrogen) atoms. The van der Waals surface area contributed by atoms with Crippen LogP contribution in [0.3, 0.4) is 0 Å². The van der Waals surface area contributed by atoms with Crippen molar-refractivity contribution in [1.29, 1.82) is 0 Å². The van der Waals surface area contributed by atoms with Crippen molar-refractivity contribution in [2.75, 3.05) is 17.4 Å². The SMILES string of the molecule is CCCCNC(=O)C(Cc1ccccc1)N(Cc1ccccc1F)C(=O)CN(c1ccccc1)S(=O)(=O)c1ccc(F)cc1. The minimum Gasteiger partial charge on any atom is -0.354 e. The van der Waals surface area contributed by atoms with E-state index in [9.17, 15) is 26.8 Å². The molecule has 1 unspecified atom stereocenters. The van der Waals surface area contributed by atoms with Crippen LogP contribution in [0.4, 0.5) is 14.5 Å². The van der Waals surface area contributed by atoms with Crippen molar-refractivity contribution in [2.45, 2.75) is 43.7 Å². The first-order chi connectivity index (χ1) is 21.2. The standard InChI is InChI=1S/C34H35F2N3O4S/c1-2-3-22-37-34(41)32(23-26-12-6-4-7-13-26)38(24-27-14-10-11-17-31(27)36)33(40)25-39(29-15-8-5-9-16-29)44(42,43)30-20-18-28(35)19-21-30/h4-21,32H,2-3,22-25H2,1H3,(H,37,41). The molecule has 1 atom stereocenters. The first kappa shape index (κ1) is 32.3. The van der Waals surface area contributed by atoms with Crippen LogP contribution in [0.1, 0.15) is 30.9 Å². The number of nitrogens with zero attached hydrogens (tertiary/aromatic N) is 2. The summed E-state index contributed by atoms with van der Waals surface area (Å²) in [5, 5.41) is 2.89. The molecule has 10 heteroatoms. The van der Waals surface area contributed by atoms with Crippen LogP contribution in [0.2, 0.25) is 0 Å². The molecule has 0 spiro atoms. The second-order valence-electron chi connectivity index (χ2n) is 10.3. The van der Waals surface area contributed by atoms with Gasteiger partial charge in [0.15, 0.2) is 0 Å². The molecule has 230 valence electrons. The van der Waals surface area contributed by atoms with E-state index < -0.39 is 46.1 Å². The number of para-hydroxylation sites is 1. The molecule has 7 nitrogen and oxygen atoms in total. The minimum atomic E-state index is -4.36. The molecule has 0 aromatic heterocycles. The fourth-order valence-electron chi connectivity index (χ4n) is 4.73. The molecule has 0 aliphatic carbocycles. The van der Waals surface area contributed by atoms with E-state index in [1.54, 1.807) is 24.3 Å². The normalized spacial score (nSPS) is 11.9. The summed E-state index contributed by atoms with van der Waals surface area (Å²) in [5.74, 6) is -2.32. The summed E-state index contributed by atoms with van der Waals surface area (Å²) in [6.07, 6.45) is 1.69. The van der Waals surface area contributed by atoms with Crippen molar-refractivity contribution in [2.24, 2.45) is 0 Å². The van der Waals surface area contributed by atoms with Crippen molar-refractivity contribution < 1.29 is 26.8 Å². The van der Waals surface area contributed by atoms with Gasteiger partial charge in [0, 0.05) is 25.1 Å². The highest BCUT2D eigenvalue weighted by Gasteiger charge is 2.35. The third-order valence-electron chi connectivity index (χ3n) is 7.12. The van der Waals surface area contributed by atoms with Gasteiger partial charge in [-0.05, 0) is 54.4 Å². The van der Waals surface area contributed by atoms with Crippen molar-refractivity contribution in [3.05, 3.63) is 132 Å². The third kappa shape index (κ3) is 8.29. The number of hydrogen-bond donors (Lipinski definition) is 1. The summed E-state index contributed by atoms with van der Waals surface area (Å²) in [6.45, 7) is 1.41. The minimum absolute atomic E-state index is 0.120. The first-order valence-electron chi connectivity index (χ1n) is 14.4. The average molecular weight is 620 g/mol. The molecule has 0 saturated carbocycles. The molecule has 4 aromatic rings. The number of benzene rings is 4. The fourth-order valence-corrected chi connectivity index (χ4v) is 6.14. The Bertz CT molecular complexity index is 1640. The number of carbonyl (C=O) groups excluding carboxylic acids is 2. The van der Waals surface area contributed by atoms with Gasteiger partial charge in [0.25, 0.3) is 10.0 Å². The van der Waals surface area contributed by atoms with Crippen molar-refractivity contribution in [1.82, 2.24) is 10.2 Å². The van der Waals surface area contributed by atoms with Crippen LogP contribution < -0.4 is 9.62 Å². The number of amides is 2. The topological polar surface area (TPSA) is 86.8 Å². The Kier molecular flexibility index (Phi) is 11.2. The van der Waals surface area contributed by atoms with Gasteiger partial charge in [-0.3, -0.25) is 13.9 Å². The summed E-state index contributed by atoms with van der Waals surface area (Å²) in [5.41, 5.74) is 1.14. The highest BCUT2D eigenvalue weighted by atomic mass is 32.2. The Morgan fingerprint density at radius 2 is 1.43 bits per heavy atom. The molecule has 0 heterocycles. The lowest BCUT2D eigenvalue weighted by Gasteiger charge is -2.34. The lowest BCUT2D eigenvalue weighted by atomic mass is 10.0. The Labute approximate surface area is 257 Å². The molecule has 0 fully saturated rings. The van der Waals surface area contributed by atoms with Gasteiger partial charge in [-0.2, -0.15) is 0 Å². The van der Waals surface area contributed by atoms with Crippen LogP contribution in [0, 0.1) is 11.6 Å². The predicted molar refractivity (Wildman–Crippen MR) is 166 cm³/mol.